The van der Waals surface area contributed by atoms with Crippen molar-refractivity contribution in [2.45, 2.75) is 51.5 Å². The fraction of sp³-hybridized carbons (Fsp3) is 0.588. The van der Waals surface area contributed by atoms with Gasteiger partial charge in [-0.3, -0.25) is 9.78 Å². The van der Waals surface area contributed by atoms with Crippen LogP contribution in [-0.2, 0) is 20.9 Å². The van der Waals surface area contributed by atoms with Gasteiger partial charge in [0.25, 0.3) is 0 Å². The Hall–Kier alpha value is -1.61. The third kappa shape index (κ3) is 7.33. The molecule has 0 radical (unpaired) electrons. The molecule has 1 aromatic heterocycles. The van der Waals surface area contributed by atoms with Gasteiger partial charge in [0.15, 0.2) is 0 Å². The molecule has 2 atom stereocenters. The standard InChI is InChI=1S/C17H23F3N2O3S/c1-5-25-15(23)11-12(17(18,19)20)10-14(13-8-6-7-9-21-13)22-26(24)16(2,3)4/h6-9,12H,5,10-11H2,1-4H3/t12-,26?/m1/s1. The van der Waals surface area contributed by atoms with Crippen LogP contribution in [0.25, 0.3) is 0 Å². The van der Waals surface area contributed by atoms with Crippen molar-refractivity contribution in [3.8, 4) is 0 Å². The predicted octanol–water partition coefficient (Wildman–Crippen LogP) is 3.85. The van der Waals surface area contributed by atoms with E-state index in [2.05, 4.69) is 14.1 Å². The van der Waals surface area contributed by atoms with Crippen LogP contribution in [0.4, 0.5) is 13.2 Å². The first-order valence-electron chi connectivity index (χ1n) is 8.08. The van der Waals surface area contributed by atoms with Crippen LogP contribution in [-0.4, -0.2) is 38.7 Å². The molecule has 9 heteroatoms. The molecule has 0 aromatic carbocycles. The number of hydrogen-bond donors (Lipinski definition) is 0. The molecule has 1 rings (SSSR count). The lowest BCUT2D eigenvalue weighted by molar-refractivity contribution is -0.182. The van der Waals surface area contributed by atoms with Gasteiger partial charge in [-0.15, -0.1) is 0 Å². The molecule has 5 nitrogen and oxygen atoms in total. The summed E-state index contributed by atoms with van der Waals surface area (Å²) in [6, 6.07) is 4.71. The number of ether oxygens (including phenoxy) is 1. The largest absolute Gasteiger partial charge is 0.591 e. The van der Waals surface area contributed by atoms with E-state index < -0.39 is 47.0 Å². The molecular weight excluding hydrogens is 369 g/mol. The normalized spacial score (nSPS) is 15.5. The molecule has 0 bridgehead atoms. The third-order valence-electron chi connectivity index (χ3n) is 3.30. The zero-order valence-corrected chi connectivity index (χ0v) is 16.0. The smallest absolute Gasteiger partial charge is 0.392 e. The number of halogens is 3. The number of aromatic nitrogens is 1. The zero-order chi connectivity index (χ0) is 20.0. The van der Waals surface area contributed by atoms with Crippen molar-refractivity contribution in [3.05, 3.63) is 30.1 Å². The number of rotatable bonds is 7. The van der Waals surface area contributed by atoms with Crippen LogP contribution in [0.1, 0.15) is 46.2 Å². The molecular formula is C17H23F3N2O3S. The average Bonchev–Trinajstić information content (AvgIpc) is 2.52. The van der Waals surface area contributed by atoms with Crippen LogP contribution in [0.5, 0.6) is 0 Å². The van der Waals surface area contributed by atoms with Gasteiger partial charge in [0.1, 0.15) is 21.8 Å². The van der Waals surface area contributed by atoms with Gasteiger partial charge in [0, 0.05) is 12.6 Å². The lowest BCUT2D eigenvalue weighted by Crippen LogP contribution is -2.31. The van der Waals surface area contributed by atoms with Gasteiger partial charge in [-0.05, 0) is 39.8 Å². The van der Waals surface area contributed by atoms with Crippen molar-refractivity contribution < 1.29 is 27.3 Å². The highest BCUT2D eigenvalue weighted by Gasteiger charge is 2.43. The van der Waals surface area contributed by atoms with E-state index in [1.807, 2.05) is 0 Å². The van der Waals surface area contributed by atoms with Crippen molar-refractivity contribution in [3.63, 3.8) is 0 Å². The predicted molar refractivity (Wildman–Crippen MR) is 94.1 cm³/mol. The van der Waals surface area contributed by atoms with E-state index in [9.17, 15) is 22.5 Å². The van der Waals surface area contributed by atoms with Gasteiger partial charge in [-0.1, -0.05) is 10.5 Å². The summed E-state index contributed by atoms with van der Waals surface area (Å²) in [6.45, 7) is 6.53. The highest BCUT2D eigenvalue weighted by atomic mass is 32.2. The Kier molecular flexibility index (Phi) is 8.08. The van der Waals surface area contributed by atoms with Crippen LogP contribution in [0, 0.1) is 5.92 Å². The molecule has 0 spiro atoms. The van der Waals surface area contributed by atoms with Gasteiger partial charge in [0.05, 0.1) is 24.6 Å². The number of carbonyl (C=O) groups excluding carboxylic acids is 1. The van der Waals surface area contributed by atoms with Crippen LogP contribution in [0.3, 0.4) is 0 Å². The van der Waals surface area contributed by atoms with Gasteiger partial charge in [0.2, 0.25) is 0 Å². The summed E-state index contributed by atoms with van der Waals surface area (Å²) >= 11 is -1.76. The fourth-order valence-corrected chi connectivity index (χ4v) is 2.56. The molecule has 0 N–H and O–H groups in total. The number of alkyl halides is 3. The number of carbonyl (C=O) groups is 1. The summed E-state index contributed by atoms with van der Waals surface area (Å²) in [5.74, 6) is -2.94. The van der Waals surface area contributed by atoms with Gasteiger partial charge >= 0.3 is 12.1 Å². The molecule has 26 heavy (non-hydrogen) atoms. The lowest BCUT2D eigenvalue weighted by atomic mass is 9.96. The number of hydrogen-bond acceptors (Lipinski definition) is 5. The van der Waals surface area contributed by atoms with Crippen LogP contribution < -0.4 is 0 Å². The van der Waals surface area contributed by atoms with E-state index in [-0.39, 0.29) is 18.0 Å². The molecule has 0 saturated carbocycles. The molecule has 0 aliphatic heterocycles. The first kappa shape index (κ1) is 22.4. The minimum atomic E-state index is -4.63. The van der Waals surface area contributed by atoms with E-state index in [1.54, 1.807) is 32.9 Å². The molecule has 1 heterocycles. The fourth-order valence-electron chi connectivity index (χ4n) is 1.92. The summed E-state index contributed by atoms with van der Waals surface area (Å²) in [6.07, 6.45) is -4.66. The van der Waals surface area contributed by atoms with E-state index in [1.165, 1.54) is 19.2 Å². The van der Waals surface area contributed by atoms with E-state index in [0.717, 1.165) is 0 Å². The monoisotopic (exact) mass is 392 g/mol. The summed E-state index contributed by atoms with van der Waals surface area (Å²) in [4.78, 5) is 15.6. The van der Waals surface area contributed by atoms with Gasteiger partial charge in [-0.2, -0.15) is 13.2 Å². The first-order chi connectivity index (χ1) is 11.9. The van der Waals surface area contributed by atoms with E-state index >= 15 is 0 Å². The van der Waals surface area contributed by atoms with Crippen molar-refractivity contribution in [1.29, 1.82) is 0 Å². The molecule has 0 aliphatic rings. The van der Waals surface area contributed by atoms with Crippen LogP contribution >= 0.6 is 0 Å². The van der Waals surface area contributed by atoms with Crippen molar-refractivity contribution in [2.75, 3.05) is 6.61 Å². The summed E-state index contributed by atoms with van der Waals surface area (Å²) < 4.78 is 60.4. The van der Waals surface area contributed by atoms with Gasteiger partial charge in [-0.25, -0.2) is 0 Å². The molecule has 0 fully saturated rings. The molecule has 0 aliphatic carbocycles. The van der Waals surface area contributed by atoms with E-state index in [4.69, 9.17) is 0 Å². The molecule has 1 aromatic rings. The molecule has 146 valence electrons. The maximum Gasteiger partial charge on any atom is 0.392 e. The Morgan fingerprint density at radius 1 is 1.31 bits per heavy atom. The quantitative estimate of drug-likeness (QED) is 0.401. The Morgan fingerprint density at radius 2 is 1.96 bits per heavy atom. The lowest BCUT2D eigenvalue weighted by Gasteiger charge is -2.22. The first-order valence-corrected chi connectivity index (χ1v) is 9.19. The Morgan fingerprint density at radius 3 is 2.42 bits per heavy atom. The average molecular weight is 392 g/mol. The molecule has 0 saturated heterocycles. The van der Waals surface area contributed by atoms with Crippen LogP contribution in [0.15, 0.2) is 28.8 Å². The SMILES string of the molecule is CCOC(=O)C[C@@H](CC(=N[S+]([O-])C(C)(C)C)c1ccccn1)C(F)(F)F. The second kappa shape index (κ2) is 9.36. The maximum absolute atomic E-state index is 13.4. The van der Waals surface area contributed by atoms with Crippen LogP contribution in [0.2, 0.25) is 0 Å². The molecule has 0 amide bonds. The summed E-state index contributed by atoms with van der Waals surface area (Å²) in [7, 11) is 0. The topological polar surface area (TPSA) is 74.6 Å². The van der Waals surface area contributed by atoms with Crippen molar-refractivity contribution in [1.82, 2.24) is 4.98 Å². The number of pyridine rings is 1. The van der Waals surface area contributed by atoms with Crippen molar-refractivity contribution in [2.24, 2.45) is 10.3 Å². The van der Waals surface area contributed by atoms with Gasteiger partial charge < -0.3 is 9.29 Å². The third-order valence-corrected chi connectivity index (χ3v) is 4.73. The second-order valence-corrected chi connectivity index (χ2v) is 8.47. The minimum absolute atomic E-state index is 0.00135. The second-order valence-electron chi connectivity index (χ2n) is 6.57. The number of nitrogens with zero attached hydrogens (tertiary/aromatic N) is 2. The highest BCUT2D eigenvalue weighted by Crippen LogP contribution is 2.33. The van der Waals surface area contributed by atoms with E-state index in [0.29, 0.717) is 0 Å². The number of esters is 1. The zero-order valence-electron chi connectivity index (χ0n) is 15.2. The summed E-state index contributed by atoms with van der Waals surface area (Å²) in [5, 5.41) is 0. The Balaban J connectivity index is 3.19. The summed E-state index contributed by atoms with van der Waals surface area (Å²) in [5.41, 5.74) is 0.147. The Bertz CT molecular complexity index is 616. The molecule has 1 unspecified atom stereocenters. The van der Waals surface area contributed by atoms with Crippen molar-refractivity contribution >= 4 is 23.0 Å². The minimum Gasteiger partial charge on any atom is -0.591 e. The maximum atomic E-state index is 13.4. The Labute approximate surface area is 154 Å². The highest BCUT2D eigenvalue weighted by molar-refractivity contribution is 7.91.